The van der Waals surface area contributed by atoms with Gasteiger partial charge in [-0.25, -0.2) is 4.79 Å². The Balaban J connectivity index is 2.25. The Morgan fingerprint density at radius 1 is 1.29 bits per heavy atom. The molecule has 21 heavy (non-hydrogen) atoms. The van der Waals surface area contributed by atoms with Crippen LogP contribution in [-0.2, 0) is 9.53 Å². The van der Waals surface area contributed by atoms with Crippen molar-refractivity contribution in [3.05, 3.63) is 16.0 Å². The summed E-state index contributed by atoms with van der Waals surface area (Å²) in [6, 6.07) is 0. The maximum absolute atomic E-state index is 12.5. The fourth-order valence-corrected chi connectivity index (χ4v) is 3.84. The van der Waals surface area contributed by atoms with Crippen LogP contribution < -0.4 is 5.32 Å². The lowest BCUT2D eigenvalue weighted by Crippen LogP contribution is -2.31. The molecule has 0 unspecified atom stereocenters. The first-order valence-electron chi connectivity index (χ1n) is 7.47. The first kappa shape index (κ1) is 16.0. The predicted octanol–water partition coefficient (Wildman–Crippen LogP) is 4.06. The maximum atomic E-state index is 12.5. The summed E-state index contributed by atoms with van der Waals surface area (Å²) in [7, 11) is 0. The van der Waals surface area contributed by atoms with E-state index in [4.69, 9.17) is 4.74 Å². The number of hydrogen-bond acceptors (Lipinski definition) is 4. The highest BCUT2D eigenvalue weighted by molar-refractivity contribution is 7.16. The van der Waals surface area contributed by atoms with Crippen molar-refractivity contribution < 1.29 is 14.3 Å². The van der Waals surface area contributed by atoms with Crippen LogP contribution in [0.5, 0.6) is 0 Å². The van der Waals surface area contributed by atoms with Crippen molar-refractivity contribution in [1.82, 2.24) is 0 Å². The van der Waals surface area contributed by atoms with Gasteiger partial charge in [0.1, 0.15) is 5.00 Å². The fraction of sp³-hybridized carbons (Fsp3) is 0.625. The number of amides is 1. The summed E-state index contributed by atoms with van der Waals surface area (Å²) in [5, 5.41) is 3.60. The Morgan fingerprint density at radius 2 is 1.90 bits per heavy atom. The van der Waals surface area contributed by atoms with Crippen molar-refractivity contribution in [3.63, 3.8) is 0 Å². The molecule has 1 N–H and O–H groups in total. The summed E-state index contributed by atoms with van der Waals surface area (Å²) in [6.45, 7) is 7.97. The minimum absolute atomic E-state index is 0.0202. The molecule has 5 heteroatoms. The van der Waals surface area contributed by atoms with Crippen molar-refractivity contribution in [2.45, 2.75) is 53.4 Å². The van der Waals surface area contributed by atoms with Gasteiger partial charge in [-0.3, -0.25) is 4.79 Å². The summed E-state index contributed by atoms with van der Waals surface area (Å²) in [5.74, 6) is -0.335. The number of ether oxygens (including phenoxy) is 1. The number of esters is 1. The molecule has 0 radical (unpaired) electrons. The fourth-order valence-electron chi connectivity index (χ4n) is 2.80. The van der Waals surface area contributed by atoms with E-state index in [9.17, 15) is 9.59 Å². The van der Waals surface area contributed by atoms with Crippen LogP contribution in [0, 0.1) is 19.3 Å². The third-order valence-electron chi connectivity index (χ3n) is 4.35. The first-order valence-corrected chi connectivity index (χ1v) is 8.29. The highest BCUT2D eigenvalue weighted by Crippen LogP contribution is 2.40. The van der Waals surface area contributed by atoms with E-state index in [0.29, 0.717) is 17.2 Å². The molecule has 1 aromatic heterocycles. The molecular formula is C16H23NO3S. The van der Waals surface area contributed by atoms with Gasteiger partial charge >= 0.3 is 5.97 Å². The molecule has 1 aromatic rings. The molecule has 0 saturated heterocycles. The van der Waals surface area contributed by atoms with Crippen LogP contribution in [0.25, 0.3) is 0 Å². The van der Waals surface area contributed by atoms with Crippen molar-refractivity contribution in [1.29, 1.82) is 0 Å². The number of thiophene rings is 1. The zero-order valence-electron chi connectivity index (χ0n) is 13.2. The number of anilines is 1. The van der Waals surface area contributed by atoms with E-state index in [1.807, 2.05) is 20.8 Å². The predicted molar refractivity (Wildman–Crippen MR) is 85.0 cm³/mol. The van der Waals surface area contributed by atoms with Crippen LogP contribution >= 0.6 is 11.3 Å². The molecular weight excluding hydrogens is 286 g/mol. The van der Waals surface area contributed by atoms with E-state index in [1.54, 1.807) is 6.92 Å². The first-order chi connectivity index (χ1) is 9.89. The summed E-state index contributed by atoms with van der Waals surface area (Å²) >= 11 is 1.45. The molecule has 0 atom stereocenters. The van der Waals surface area contributed by atoms with E-state index in [2.05, 4.69) is 5.32 Å². The normalized spacial score (nSPS) is 16.8. The van der Waals surface area contributed by atoms with Gasteiger partial charge in [-0.2, -0.15) is 0 Å². The average molecular weight is 309 g/mol. The monoisotopic (exact) mass is 309 g/mol. The molecule has 4 nitrogen and oxygen atoms in total. The molecule has 1 amide bonds. The lowest BCUT2D eigenvalue weighted by Gasteiger charge is -2.22. The number of nitrogens with one attached hydrogen (secondary N) is 1. The van der Waals surface area contributed by atoms with Gasteiger partial charge in [0.2, 0.25) is 5.91 Å². The molecule has 1 aliphatic rings. The van der Waals surface area contributed by atoms with E-state index >= 15 is 0 Å². The minimum atomic E-state index is -0.355. The summed E-state index contributed by atoms with van der Waals surface area (Å²) in [4.78, 5) is 25.7. The van der Waals surface area contributed by atoms with Gasteiger partial charge in [0, 0.05) is 10.3 Å². The van der Waals surface area contributed by atoms with Crippen LogP contribution in [0.1, 0.15) is 60.3 Å². The van der Waals surface area contributed by atoms with Gasteiger partial charge in [-0.15, -0.1) is 11.3 Å². The quantitative estimate of drug-likeness (QED) is 0.853. The van der Waals surface area contributed by atoms with E-state index in [0.717, 1.165) is 36.1 Å². The summed E-state index contributed by atoms with van der Waals surface area (Å²) in [5.41, 5.74) is 1.09. The number of hydrogen-bond donors (Lipinski definition) is 1. The Bertz CT molecular complexity index is 556. The van der Waals surface area contributed by atoms with Gasteiger partial charge in [0.25, 0.3) is 0 Å². The number of rotatable bonds is 4. The van der Waals surface area contributed by atoms with Crippen LogP contribution in [-0.4, -0.2) is 18.5 Å². The van der Waals surface area contributed by atoms with Crippen molar-refractivity contribution in [2.75, 3.05) is 11.9 Å². The Hall–Kier alpha value is -1.36. The number of aryl methyl sites for hydroxylation is 1. The Morgan fingerprint density at radius 3 is 2.48 bits per heavy atom. The van der Waals surface area contributed by atoms with Gasteiger partial charge in [-0.05, 0) is 39.2 Å². The third kappa shape index (κ3) is 3.12. The lowest BCUT2D eigenvalue weighted by molar-refractivity contribution is -0.124. The van der Waals surface area contributed by atoms with Crippen molar-refractivity contribution in [3.8, 4) is 0 Å². The lowest BCUT2D eigenvalue weighted by atomic mass is 9.88. The standard InChI is InChI=1S/C16H23NO3S/c1-5-20-14(18)12-10(2)11(3)21-13(12)17-15(19)16(4)8-6-7-9-16/h5-9H2,1-4H3,(H,17,19). The molecule has 1 saturated carbocycles. The molecule has 0 aromatic carbocycles. The zero-order chi connectivity index (χ0) is 15.6. The molecule has 1 fully saturated rings. The molecule has 0 spiro atoms. The highest BCUT2D eigenvalue weighted by atomic mass is 32.1. The summed E-state index contributed by atoms with van der Waals surface area (Å²) in [6.07, 6.45) is 4.02. The Kier molecular flexibility index (Phi) is 4.71. The van der Waals surface area contributed by atoms with Crippen LogP contribution in [0.2, 0.25) is 0 Å². The van der Waals surface area contributed by atoms with Crippen LogP contribution in [0.4, 0.5) is 5.00 Å². The Labute approximate surface area is 129 Å². The largest absolute Gasteiger partial charge is 0.462 e. The van der Waals surface area contributed by atoms with Crippen LogP contribution in [0.3, 0.4) is 0 Å². The molecule has 116 valence electrons. The second-order valence-electron chi connectivity index (χ2n) is 5.93. The smallest absolute Gasteiger partial charge is 0.341 e. The van der Waals surface area contributed by atoms with Gasteiger partial charge in [0.15, 0.2) is 0 Å². The van der Waals surface area contributed by atoms with E-state index in [1.165, 1.54) is 11.3 Å². The van der Waals surface area contributed by atoms with Gasteiger partial charge < -0.3 is 10.1 Å². The SMILES string of the molecule is CCOC(=O)c1c(NC(=O)C2(C)CCCC2)sc(C)c1C. The van der Waals surface area contributed by atoms with E-state index in [-0.39, 0.29) is 17.3 Å². The molecule has 1 heterocycles. The summed E-state index contributed by atoms with van der Waals surface area (Å²) < 4.78 is 5.11. The van der Waals surface area contributed by atoms with Gasteiger partial charge in [-0.1, -0.05) is 19.8 Å². The molecule has 2 rings (SSSR count). The topological polar surface area (TPSA) is 55.4 Å². The number of carbonyl (C=O) groups excluding carboxylic acids is 2. The molecule has 0 bridgehead atoms. The third-order valence-corrected chi connectivity index (χ3v) is 5.47. The van der Waals surface area contributed by atoms with E-state index < -0.39 is 0 Å². The van der Waals surface area contributed by atoms with Crippen molar-refractivity contribution in [2.24, 2.45) is 5.41 Å². The minimum Gasteiger partial charge on any atom is -0.462 e. The second-order valence-corrected chi connectivity index (χ2v) is 7.15. The highest BCUT2D eigenvalue weighted by Gasteiger charge is 2.37. The van der Waals surface area contributed by atoms with Crippen molar-refractivity contribution >= 4 is 28.2 Å². The molecule has 0 aliphatic heterocycles. The number of carbonyl (C=O) groups is 2. The molecule has 1 aliphatic carbocycles. The second kappa shape index (κ2) is 6.18. The maximum Gasteiger partial charge on any atom is 0.341 e. The van der Waals surface area contributed by atoms with Crippen LogP contribution in [0.15, 0.2) is 0 Å². The zero-order valence-corrected chi connectivity index (χ0v) is 14.0. The van der Waals surface area contributed by atoms with Gasteiger partial charge in [0.05, 0.1) is 12.2 Å². The average Bonchev–Trinajstić information content (AvgIpc) is 2.97.